The molecule has 1 heterocycles. The van der Waals surface area contributed by atoms with Crippen molar-refractivity contribution in [2.24, 2.45) is 0 Å². The van der Waals surface area contributed by atoms with Crippen LogP contribution in [0.25, 0.3) is 0 Å². The average molecular weight is 294 g/mol. The van der Waals surface area contributed by atoms with Gasteiger partial charge in [0.15, 0.2) is 9.84 Å². The van der Waals surface area contributed by atoms with E-state index >= 15 is 0 Å². The predicted octanol–water partition coefficient (Wildman–Crippen LogP) is -1.60. The SMILES string of the molecule is O=C(O)C[C@H](NC(=O)NC1CCS(=O)(=O)C1)C(=O)O. The van der Waals surface area contributed by atoms with Gasteiger partial charge in [0.2, 0.25) is 0 Å². The van der Waals surface area contributed by atoms with Gasteiger partial charge in [-0.3, -0.25) is 4.79 Å². The summed E-state index contributed by atoms with van der Waals surface area (Å²) in [6.45, 7) is 0. The van der Waals surface area contributed by atoms with Gasteiger partial charge < -0.3 is 20.8 Å². The Labute approximate surface area is 108 Å². The highest BCUT2D eigenvalue weighted by Gasteiger charge is 2.30. The van der Waals surface area contributed by atoms with Gasteiger partial charge in [-0.05, 0) is 6.42 Å². The van der Waals surface area contributed by atoms with Crippen LogP contribution in [0.2, 0.25) is 0 Å². The highest BCUT2D eigenvalue weighted by Crippen LogP contribution is 2.10. The van der Waals surface area contributed by atoms with E-state index in [0.29, 0.717) is 0 Å². The first-order valence-electron chi connectivity index (χ1n) is 5.41. The van der Waals surface area contributed by atoms with Crippen LogP contribution in [0.1, 0.15) is 12.8 Å². The van der Waals surface area contributed by atoms with Crippen LogP contribution in [-0.4, -0.2) is 60.2 Å². The number of rotatable bonds is 5. The van der Waals surface area contributed by atoms with E-state index in [-0.39, 0.29) is 17.9 Å². The second-order valence-electron chi connectivity index (χ2n) is 4.21. The molecular formula is C9H14N2O7S. The van der Waals surface area contributed by atoms with Gasteiger partial charge in [0.25, 0.3) is 0 Å². The van der Waals surface area contributed by atoms with Gasteiger partial charge in [0, 0.05) is 6.04 Å². The number of urea groups is 1. The number of aliphatic carboxylic acids is 2. The molecule has 0 aromatic heterocycles. The van der Waals surface area contributed by atoms with Crippen molar-refractivity contribution in [2.45, 2.75) is 24.9 Å². The van der Waals surface area contributed by atoms with Gasteiger partial charge in [-0.2, -0.15) is 0 Å². The Morgan fingerprint density at radius 1 is 1.26 bits per heavy atom. The highest BCUT2D eigenvalue weighted by atomic mass is 32.2. The van der Waals surface area contributed by atoms with Gasteiger partial charge in [-0.25, -0.2) is 18.0 Å². The first-order valence-corrected chi connectivity index (χ1v) is 7.24. The lowest BCUT2D eigenvalue weighted by molar-refractivity contribution is -0.145. The number of hydrogen-bond donors (Lipinski definition) is 4. The zero-order valence-corrected chi connectivity index (χ0v) is 10.6. The number of amides is 2. The van der Waals surface area contributed by atoms with Gasteiger partial charge in [-0.15, -0.1) is 0 Å². The monoisotopic (exact) mass is 294 g/mol. The second-order valence-corrected chi connectivity index (χ2v) is 6.44. The van der Waals surface area contributed by atoms with Crippen LogP contribution in [0, 0.1) is 0 Å². The second kappa shape index (κ2) is 5.87. The van der Waals surface area contributed by atoms with E-state index < -0.39 is 46.3 Å². The Kier molecular flexibility index (Phi) is 4.70. The van der Waals surface area contributed by atoms with Crippen molar-refractivity contribution in [1.29, 1.82) is 0 Å². The van der Waals surface area contributed by atoms with Crippen molar-refractivity contribution < 1.29 is 33.0 Å². The molecule has 1 rings (SSSR count). The topological polar surface area (TPSA) is 150 Å². The molecule has 0 saturated carbocycles. The lowest BCUT2D eigenvalue weighted by Crippen LogP contribution is -2.50. The number of sulfone groups is 1. The molecule has 0 bridgehead atoms. The smallest absolute Gasteiger partial charge is 0.326 e. The molecule has 10 heteroatoms. The quantitative estimate of drug-likeness (QED) is 0.477. The number of hydrogen-bond acceptors (Lipinski definition) is 5. The van der Waals surface area contributed by atoms with Crippen molar-refractivity contribution in [3.63, 3.8) is 0 Å². The van der Waals surface area contributed by atoms with E-state index in [1.807, 2.05) is 5.32 Å². The molecule has 0 aliphatic carbocycles. The van der Waals surface area contributed by atoms with Gasteiger partial charge in [0.1, 0.15) is 6.04 Å². The molecule has 9 nitrogen and oxygen atoms in total. The molecule has 0 aromatic carbocycles. The van der Waals surface area contributed by atoms with Crippen molar-refractivity contribution in [3.05, 3.63) is 0 Å². The zero-order valence-electron chi connectivity index (χ0n) is 9.83. The van der Waals surface area contributed by atoms with Crippen molar-refractivity contribution in [3.8, 4) is 0 Å². The minimum atomic E-state index is -3.16. The standard InChI is InChI=1S/C9H14N2O7S/c12-7(13)3-6(8(14)15)11-9(16)10-5-1-2-19(17,18)4-5/h5-6H,1-4H2,(H,12,13)(H,14,15)(H2,10,11,16)/t5?,6-/m0/s1. The largest absolute Gasteiger partial charge is 0.481 e. The van der Waals surface area contributed by atoms with E-state index in [1.54, 1.807) is 0 Å². The Balaban J connectivity index is 2.49. The molecule has 2 amide bonds. The summed E-state index contributed by atoms with van der Waals surface area (Å²) in [5.74, 6) is -3.07. The first kappa shape index (κ1) is 15.2. The van der Waals surface area contributed by atoms with Crippen LogP contribution in [0.5, 0.6) is 0 Å². The molecule has 1 unspecified atom stereocenters. The van der Waals surface area contributed by atoms with Crippen LogP contribution in [0.4, 0.5) is 4.79 Å². The summed E-state index contributed by atoms with van der Waals surface area (Å²) in [4.78, 5) is 32.6. The minimum absolute atomic E-state index is 0.0323. The van der Waals surface area contributed by atoms with Crippen LogP contribution >= 0.6 is 0 Å². The normalized spacial score (nSPS) is 22.4. The third kappa shape index (κ3) is 5.12. The number of carbonyl (C=O) groups is 3. The molecule has 0 aromatic rings. The van der Waals surface area contributed by atoms with E-state index in [4.69, 9.17) is 10.2 Å². The summed E-state index contributed by atoms with van der Waals surface area (Å²) < 4.78 is 22.3. The molecule has 19 heavy (non-hydrogen) atoms. The van der Waals surface area contributed by atoms with E-state index in [1.165, 1.54) is 0 Å². The Morgan fingerprint density at radius 2 is 1.89 bits per heavy atom. The molecule has 4 N–H and O–H groups in total. The molecule has 108 valence electrons. The van der Waals surface area contributed by atoms with Crippen LogP contribution in [-0.2, 0) is 19.4 Å². The summed E-state index contributed by atoms with van der Waals surface area (Å²) in [7, 11) is -3.16. The molecule has 0 spiro atoms. The fraction of sp³-hybridized carbons (Fsp3) is 0.667. The Bertz CT molecular complexity index is 487. The number of nitrogens with one attached hydrogen (secondary N) is 2. The van der Waals surface area contributed by atoms with E-state index in [9.17, 15) is 22.8 Å². The van der Waals surface area contributed by atoms with Crippen molar-refractivity contribution in [2.75, 3.05) is 11.5 Å². The summed E-state index contributed by atoms with van der Waals surface area (Å²) in [5.41, 5.74) is 0. The number of carboxylic acid groups (broad SMARTS) is 2. The summed E-state index contributed by atoms with van der Waals surface area (Å²) in [6, 6.07) is -3.03. The third-order valence-electron chi connectivity index (χ3n) is 2.55. The van der Waals surface area contributed by atoms with Crippen LogP contribution in [0.15, 0.2) is 0 Å². The molecule has 1 aliphatic heterocycles. The Hall–Kier alpha value is -1.84. The van der Waals surface area contributed by atoms with Gasteiger partial charge in [0.05, 0.1) is 17.9 Å². The number of carboxylic acids is 2. The maximum Gasteiger partial charge on any atom is 0.326 e. The first-order chi connectivity index (χ1) is 8.69. The molecular weight excluding hydrogens is 280 g/mol. The highest BCUT2D eigenvalue weighted by molar-refractivity contribution is 7.91. The molecule has 1 saturated heterocycles. The van der Waals surface area contributed by atoms with Crippen LogP contribution in [0.3, 0.4) is 0 Å². The van der Waals surface area contributed by atoms with E-state index in [2.05, 4.69) is 5.32 Å². The fourth-order valence-electron chi connectivity index (χ4n) is 1.67. The number of carbonyl (C=O) groups excluding carboxylic acids is 1. The Morgan fingerprint density at radius 3 is 2.32 bits per heavy atom. The van der Waals surface area contributed by atoms with E-state index in [0.717, 1.165) is 0 Å². The van der Waals surface area contributed by atoms with Crippen molar-refractivity contribution >= 4 is 27.8 Å². The maximum absolute atomic E-state index is 11.4. The van der Waals surface area contributed by atoms with Gasteiger partial charge in [-0.1, -0.05) is 0 Å². The summed E-state index contributed by atoms with van der Waals surface area (Å²) in [5, 5.41) is 21.5. The fourth-order valence-corrected chi connectivity index (χ4v) is 3.34. The lowest BCUT2D eigenvalue weighted by atomic mass is 10.2. The molecule has 1 aliphatic rings. The molecule has 1 fully saturated rings. The maximum atomic E-state index is 11.4. The predicted molar refractivity (Wildman–Crippen MR) is 62.4 cm³/mol. The molecule has 0 radical (unpaired) electrons. The summed E-state index contributed by atoms with van der Waals surface area (Å²) >= 11 is 0. The van der Waals surface area contributed by atoms with Crippen LogP contribution < -0.4 is 10.6 Å². The zero-order chi connectivity index (χ0) is 14.6. The summed E-state index contributed by atoms with van der Waals surface area (Å²) in [6.07, 6.45) is -0.502. The minimum Gasteiger partial charge on any atom is -0.481 e. The van der Waals surface area contributed by atoms with Crippen molar-refractivity contribution in [1.82, 2.24) is 10.6 Å². The average Bonchev–Trinajstić information content (AvgIpc) is 2.56. The lowest BCUT2D eigenvalue weighted by Gasteiger charge is -2.15. The van der Waals surface area contributed by atoms with Gasteiger partial charge >= 0.3 is 18.0 Å². The molecule has 2 atom stereocenters. The third-order valence-corrected chi connectivity index (χ3v) is 4.32.